The van der Waals surface area contributed by atoms with Crippen LogP contribution in [0.4, 0.5) is 4.39 Å². The van der Waals surface area contributed by atoms with Gasteiger partial charge in [-0.25, -0.2) is 14.4 Å². The number of carbonyl (C=O) groups is 1. The molecule has 0 aliphatic heterocycles. The van der Waals surface area contributed by atoms with Gasteiger partial charge in [0.15, 0.2) is 0 Å². The van der Waals surface area contributed by atoms with E-state index in [-0.39, 0.29) is 11.7 Å². The lowest BCUT2D eigenvalue weighted by atomic mass is 10.2. The van der Waals surface area contributed by atoms with Crippen molar-refractivity contribution in [1.82, 2.24) is 19.9 Å². The minimum absolute atomic E-state index is 0.168. The molecule has 3 rings (SSSR count). The van der Waals surface area contributed by atoms with Crippen LogP contribution in [0.1, 0.15) is 23.1 Å². The zero-order valence-electron chi connectivity index (χ0n) is 14.1. The SMILES string of the molecule is CCOc1ncccc1C(=O)N(C)CCc1nc2ccc(F)cc2[nH]1. The molecule has 0 fully saturated rings. The number of hydrogen-bond donors (Lipinski definition) is 1. The van der Waals surface area contributed by atoms with E-state index in [0.717, 1.165) is 0 Å². The van der Waals surface area contributed by atoms with Crippen LogP contribution in [-0.2, 0) is 6.42 Å². The Morgan fingerprint density at radius 1 is 1.36 bits per heavy atom. The molecule has 130 valence electrons. The molecule has 0 bridgehead atoms. The van der Waals surface area contributed by atoms with Crippen molar-refractivity contribution in [3.63, 3.8) is 0 Å². The molecular formula is C18H19FN4O2. The van der Waals surface area contributed by atoms with E-state index in [1.165, 1.54) is 12.1 Å². The fourth-order valence-corrected chi connectivity index (χ4v) is 2.54. The number of imidazole rings is 1. The Balaban J connectivity index is 1.69. The number of rotatable bonds is 6. The number of likely N-dealkylation sites (N-methyl/N-ethyl adjacent to an activating group) is 1. The highest BCUT2D eigenvalue weighted by Crippen LogP contribution is 2.17. The normalized spacial score (nSPS) is 10.8. The van der Waals surface area contributed by atoms with Gasteiger partial charge in [0.25, 0.3) is 5.91 Å². The number of carbonyl (C=O) groups excluding carboxylic acids is 1. The fourth-order valence-electron chi connectivity index (χ4n) is 2.54. The van der Waals surface area contributed by atoms with E-state index in [2.05, 4.69) is 15.0 Å². The van der Waals surface area contributed by atoms with Gasteiger partial charge in [-0.05, 0) is 37.3 Å². The summed E-state index contributed by atoms with van der Waals surface area (Å²) in [5.41, 5.74) is 1.78. The summed E-state index contributed by atoms with van der Waals surface area (Å²) in [5.74, 6) is 0.561. The molecule has 2 heterocycles. The van der Waals surface area contributed by atoms with E-state index in [1.807, 2.05) is 6.92 Å². The Labute approximate surface area is 144 Å². The zero-order valence-corrected chi connectivity index (χ0v) is 14.1. The van der Waals surface area contributed by atoms with Gasteiger partial charge in [0.1, 0.15) is 17.2 Å². The molecular weight excluding hydrogens is 323 g/mol. The number of halogens is 1. The Morgan fingerprint density at radius 2 is 2.20 bits per heavy atom. The predicted molar refractivity (Wildman–Crippen MR) is 92.1 cm³/mol. The number of ether oxygens (including phenoxy) is 1. The molecule has 25 heavy (non-hydrogen) atoms. The van der Waals surface area contributed by atoms with Crippen molar-refractivity contribution in [3.05, 3.63) is 53.7 Å². The number of aromatic nitrogens is 3. The predicted octanol–water partition coefficient (Wildman–Crippen LogP) is 2.81. The number of amides is 1. The molecule has 0 aliphatic rings. The Bertz CT molecular complexity index is 894. The minimum atomic E-state index is -0.310. The van der Waals surface area contributed by atoms with E-state index < -0.39 is 0 Å². The first-order chi connectivity index (χ1) is 12.1. The molecule has 0 spiro atoms. The maximum absolute atomic E-state index is 13.2. The highest BCUT2D eigenvalue weighted by molar-refractivity contribution is 5.96. The van der Waals surface area contributed by atoms with E-state index in [0.29, 0.717) is 47.9 Å². The van der Waals surface area contributed by atoms with Crippen LogP contribution >= 0.6 is 0 Å². The standard InChI is InChI=1S/C18H19FN4O2/c1-3-25-17-13(5-4-9-20-17)18(24)23(2)10-8-16-21-14-7-6-12(19)11-15(14)22-16/h4-7,9,11H,3,8,10H2,1-2H3,(H,21,22). The zero-order chi connectivity index (χ0) is 17.8. The average molecular weight is 342 g/mol. The Kier molecular flexibility index (Phi) is 4.92. The third-order valence-electron chi connectivity index (χ3n) is 3.81. The van der Waals surface area contributed by atoms with Gasteiger partial charge in [-0.3, -0.25) is 4.79 Å². The van der Waals surface area contributed by atoms with Gasteiger partial charge in [-0.1, -0.05) is 0 Å². The second kappa shape index (κ2) is 7.29. The molecule has 0 aliphatic carbocycles. The first-order valence-corrected chi connectivity index (χ1v) is 8.06. The third-order valence-corrected chi connectivity index (χ3v) is 3.81. The summed E-state index contributed by atoms with van der Waals surface area (Å²) in [6.07, 6.45) is 2.12. The van der Waals surface area contributed by atoms with Crippen LogP contribution in [0.5, 0.6) is 5.88 Å². The van der Waals surface area contributed by atoms with Crippen molar-refractivity contribution in [2.75, 3.05) is 20.2 Å². The van der Waals surface area contributed by atoms with Crippen molar-refractivity contribution in [2.45, 2.75) is 13.3 Å². The number of hydrogen-bond acceptors (Lipinski definition) is 4. The number of nitrogens with zero attached hydrogens (tertiary/aromatic N) is 3. The van der Waals surface area contributed by atoms with Crippen LogP contribution in [0.25, 0.3) is 11.0 Å². The Hall–Kier alpha value is -2.96. The summed E-state index contributed by atoms with van der Waals surface area (Å²) in [6, 6.07) is 7.81. The average Bonchev–Trinajstić information content (AvgIpc) is 3.02. The van der Waals surface area contributed by atoms with Gasteiger partial charge in [0.05, 0.1) is 17.6 Å². The highest BCUT2D eigenvalue weighted by atomic mass is 19.1. The van der Waals surface area contributed by atoms with Crippen LogP contribution in [0, 0.1) is 5.82 Å². The van der Waals surface area contributed by atoms with Gasteiger partial charge in [0, 0.05) is 26.2 Å². The molecule has 0 radical (unpaired) electrons. The van der Waals surface area contributed by atoms with Gasteiger partial charge < -0.3 is 14.6 Å². The number of H-pyrrole nitrogens is 1. The molecule has 1 amide bonds. The number of benzene rings is 1. The largest absolute Gasteiger partial charge is 0.477 e. The van der Waals surface area contributed by atoms with Crippen LogP contribution in [-0.4, -0.2) is 46.0 Å². The maximum Gasteiger partial charge on any atom is 0.259 e. The molecule has 6 nitrogen and oxygen atoms in total. The van der Waals surface area contributed by atoms with Crippen molar-refractivity contribution in [2.24, 2.45) is 0 Å². The summed E-state index contributed by atoms with van der Waals surface area (Å²) in [5, 5.41) is 0. The summed E-state index contributed by atoms with van der Waals surface area (Å²) in [6.45, 7) is 2.75. The van der Waals surface area contributed by atoms with E-state index in [4.69, 9.17) is 4.74 Å². The summed E-state index contributed by atoms with van der Waals surface area (Å²) in [7, 11) is 1.72. The molecule has 3 aromatic rings. The van der Waals surface area contributed by atoms with Crippen LogP contribution in [0.3, 0.4) is 0 Å². The van der Waals surface area contributed by atoms with E-state index in [1.54, 1.807) is 36.3 Å². The molecule has 0 saturated heterocycles. The molecule has 2 aromatic heterocycles. The van der Waals surface area contributed by atoms with Crippen LogP contribution in [0.15, 0.2) is 36.5 Å². The summed E-state index contributed by atoms with van der Waals surface area (Å²) in [4.78, 5) is 25.8. The van der Waals surface area contributed by atoms with Gasteiger partial charge in [-0.15, -0.1) is 0 Å². The summed E-state index contributed by atoms with van der Waals surface area (Å²) < 4.78 is 18.6. The number of aromatic amines is 1. The lowest BCUT2D eigenvalue weighted by Gasteiger charge is -2.17. The topological polar surface area (TPSA) is 71.1 Å². The van der Waals surface area contributed by atoms with Crippen LogP contribution < -0.4 is 4.74 Å². The van der Waals surface area contributed by atoms with Gasteiger partial charge >= 0.3 is 0 Å². The minimum Gasteiger partial charge on any atom is -0.477 e. The second-order valence-corrected chi connectivity index (χ2v) is 5.61. The molecule has 1 aromatic carbocycles. The van der Waals surface area contributed by atoms with Crippen molar-refractivity contribution in [1.29, 1.82) is 0 Å². The quantitative estimate of drug-likeness (QED) is 0.748. The third kappa shape index (κ3) is 3.76. The number of nitrogens with one attached hydrogen (secondary N) is 1. The van der Waals surface area contributed by atoms with Gasteiger partial charge in [0.2, 0.25) is 5.88 Å². The first kappa shape index (κ1) is 16.9. The van der Waals surface area contributed by atoms with Crippen molar-refractivity contribution >= 4 is 16.9 Å². The lowest BCUT2D eigenvalue weighted by Crippen LogP contribution is -2.29. The Morgan fingerprint density at radius 3 is 3.00 bits per heavy atom. The van der Waals surface area contributed by atoms with Gasteiger partial charge in [-0.2, -0.15) is 0 Å². The highest BCUT2D eigenvalue weighted by Gasteiger charge is 2.18. The number of pyridine rings is 1. The molecule has 1 N–H and O–H groups in total. The smallest absolute Gasteiger partial charge is 0.259 e. The van der Waals surface area contributed by atoms with Crippen molar-refractivity contribution in [3.8, 4) is 5.88 Å². The fraction of sp³-hybridized carbons (Fsp3) is 0.278. The molecule has 7 heteroatoms. The van der Waals surface area contributed by atoms with Crippen LogP contribution in [0.2, 0.25) is 0 Å². The van der Waals surface area contributed by atoms with E-state index in [9.17, 15) is 9.18 Å². The first-order valence-electron chi connectivity index (χ1n) is 8.06. The number of fused-ring (bicyclic) bond motifs is 1. The monoisotopic (exact) mass is 342 g/mol. The molecule has 0 unspecified atom stereocenters. The van der Waals surface area contributed by atoms with Crippen molar-refractivity contribution < 1.29 is 13.9 Å². The second-order valence-electron chi connectivity index (χ2n) is 5.61. The maximum atomic E-state index is 13.2. The molecule has 0 atom stereocenters. The lowest BCUT2D eigenvalue weighted by molar-refractivity contribution is 0.0791. The molecule has 0 saturated carbocycles. The summed E-state index contributed by atoms with van der Waals surface area (Å²) >= 11 is 0. The van der Waals surface area contributed by atoms with E-state index >= 15 is 0 Å².